The van der Waals surface area contributed by atoms with E-state index in [1.54, 1.807) is 43.3 Å². The largest absolute Gasteiger partial charge is 0.459 e. The maximum Gasteiger partial charge on any atom is 0.310 e. The van der Waals surface area contributed by atoms with Gasteiger partial charge in [0, 0.05) is 12.1 Å². The molecule has 1 amide bonds. The normalized spacial score (nSPS) is 16.3. The summed E-state index contributed by atoms with van der Waals surface area (Å²) in [6.45, 7) is 3.59. The molecule has 0 radical (unpaired) electrons. The molecule has 1 aliphatic rings. The number of benzene rings is 2. The molecule has 4 rings (SSSR count). The highest BCUT2D eigenvalue weighted by molar-refractivity contribution is 7.92. The predicted octanol–water partition coefficient (Wildman–Crippen LogP) is 4.34. The first-order valence-corrected chi connectivity index (χ1v) is 11.6. The predicted molar refractivity (Wildman–Crippen MR) is 119 cm³/mol. The number of nitrogens with zero attached hydrogens (tertiary/aromatic N) is 2. The van der Waals surface area contributed by atoms with Crippen LogP contribution in [0.3, 0.4) is 0 Å². The van der Waals surface area contributed by atoms with Gasteiger partial charge in [-0.15, -0.1) is 0 Å². The van der Waals surface area contributed by atoms with Crippen molar-refractivity contribution in [1.29, 1.82) is 0 Å². The third kappa shape index (κ3) is 4.54. The minimum absolute atomic E-state index is 0.00346. The first kappa shape index (κ1) is 20.9. The van der Waals surface area contributed by atoms with Crippen LogP contribution in [-0.4, -0.2) is 30.8 Å². The topological polar surface area (TPSA) is 92.0 Å². The Kier molecular flexibility index (Phi) is 5.65. The Morgan fingerprint density at radius 3 is 2.58 bits per heavy atom. The summed E-state index contributed by atoms with van der Waals surface area (Å²) < 4.78 is 31.4. The van der Waals surface area contributed by atoms with Gasteiger partial charge in [-0.25, -0.2) is 13.4 Å². The average Bonchev–Trinajstić information content (AvgIpc) is 3.44. The first-order valence-electron chi connectivity index (χ1n) is 9.98. The standard InChI is InChI=1S/C23H23N3O4S/c1-3-31(28,29)25-19-11-9-17(10-12-19)20-15-21(18-7-4-6-16(2)14-18)26(24-20)23(27)22-8-5-13-30-22/h4-14,21,25H,3,15H2,1-2H3/t21-/m1/s1. The first-order chi connectivity index (χ1) is 14.9. The molecule has 7 nitrogen and oxygen atoms in total. The molecule has 1 aliphatic heterocycles. The molecule has 0 spiro atoms. The fraction of sp³-hybridized carbons (Fsp3) is 0.217. The van der Waals surface area contributed by atoms with Crippen molar-refractivity contribution >= 4 is 27.3 Å². The molecule has 0 saturated heterocycles. The van der Waals surface area contributed by atoms with Gasteiger partial charge in [-0.2, -0.15) is 5.10 Å². The van der Waals surface area contributed by atoms with Crippen molar-refractivity contribution in [3.05, 3.63) is 89.4 Å². The summed E-state index contributed by atoms with van der Waals surface area (Å²) in [5, 5.41) is 6.09. The Balaban J connectivity index is 1.65. The molecule has 0 bridgehead atoms. The molecule has 3 aromatic rings. The summed E-state index contributed by atoms with van der Waals surface area (Å²) in [6.07, 6.45) is 2.00. The highest BCUT2D eigenvalue weighted by atomic mass is 32.2. The number of carbonyl (C=O) groups is 1. The van der Waals surface area contributed by atoms with Crippen LogP contribution in [0.2, 0.25) is 0 Å². The van der Waals surface area contributed by atoms with E-state index in [4.69, 9.17) is 4.42 Å². The summed E-state index contributed by atoms with van der Waals surface area (Å²) in [5.74, 6) is -0.0745. The Hall–Kier alpha value is -3.39. The van der Waals surface area contributed by atoms with Crippen molar-refractivity contribution in [2.45, 2.75) is 26.3 Å². The fourth-order valence-corrected chi connectivity index (χ4v) is 4.14. The molecule has 8 heteroatoms. The number of hydrazone groups is 1. The number of carbonyl (C=O) groups excluding carboxylic acids is 1. The summed E-state index contributed by atoms with van der Waals surface area (Å²) in [5.41, 5.74) is 4.15. The minimum Gasteiger partial charge on any atom is -0.459 e. The molecule has 31 heavy (non-hydrogen) atoms. The number of rotatable bonds is 6. The van der Waals surface area contributed by atoms with Crippen LogP contribution in [0.4, 0.5) is 5.69 Å². The zero-order valence-corrected chi connectivity index (χ0v) is 18.1. The SMILES string of the molecule is CCS(=O)(=O)Nc1ccc(C2=NN(C(=O)c3ccco3)[C@@H](c3cccc(C)c3)C2)cc1. The van der Waals surface area contributed by atoms with E-state index in [0.717, 1.165) is 22.4 Å². The molecule has 0 aliphatic carbocycles. The molecular weight excluding hydrogens is 414 g/mol. The Morgan fingerprint density at radius 1 is 1.16 bits per heavy atom. The molecule has 0 saturated carbocycles. The average molecular weight is 438 g/mol. The van der Waals surface area contributed by atoms with Gasteiger partial charge in [0.2, 0.25) is 10.0 Å². The zero-order valence-electron chi connectivity index (χ0n) is 17.3. The van der Waals surface area contributed by atoms with E-state index in [0.29, 0.717) is 12.1 Å². The number of anilines is 1. The van der Waals surface area contributed by atoms with E-state index in [2.05, 4.69) is 9.82 Å². The summed E-state index contributed by atoms with van der Waals surface area (Å²) >= 11 is 0. The smallest absolute Gasteiger partial charge is 0.310 e. The lowest BCUT2D eigenvalue weighted by molar-refractivity contribution is 0.0678. The van der Waals surface area contributed by atoms with E-state index in [1.807, 2.05) is 31.2 Å². The molecule has 1 atom stereocenters. The minimum atomic E-state index is -3.34. The monoisotopic (exact) mass is 437 g/mol. The number of hydrogen-bond donors (Lipinski definition) is 1. The number of amides is 1. The quantitative estimate of drug-likeness (QED) is 0.621. The number of aryl methyl sites for hydroxylation is 1. The molecule has 0 unspecified atom stereocenters. The van der Waals surface area contributed by atoms with Crippen molar-refractivity contribution < 1.29 is 17.6 Å². The van der Waals surface area contributed by atoms with Crippen molar-refractivity contribution in [3.8, 4) is 0 Å². The fourth-order valence-electron chi connectivity index (χ4n) is 3.50. The van der Waals surface area contributed by atoms with Crippen LogP contribution >= 0.6 is 0 Å². The van der Waals surface area contributed by atoms with Gasteiger partial charge >= 0.3 is 5.91 Å². The van der Waals surface area contributed by atoms with Gasteiger partial charge in [-0.3, -0.25) is 9.52 Å². The highest BCUT2D eigenvalue weighted by Gasteiger charge is 2.34. The lowest BCUT2D eigenvalue weighted by Gasteiger charge is -2.21. The van der Waals surface area contributed by atoms with E-state index in [1.165, 1.54) is 11.3 Å². The summed E-state index contributed by atoms with van der Waals surface area (Å²) in [7, 11) is -3.34. The second-order valence-electron chi connectivity index (χ2n) is 7.39. The van der Waals surface area contributed by atoms with E-state index in [-0.39, 0.29) is 23.5 Å². The zero-order chi connectivity index (χ0) is 22.0. The van der Waals surface area contributed by atoms with Crippen LogP contribution in [0.25, 0.3) is 0 Å². The van der Waals surface area contributed by atoms with Gasteiger partial charge in [-0.05, 0) is 49.2 Å². The third-order valence-corrected chi connectivity index (χ3v) is 6.46. The van der Waals surface area contributed by atoms with Gasteiger partial charge in [-0.1, -0.05) is 42.0 Å². The van der Waals surface area contributed by atoms with Gasteiger partial charge < -0.3 is 4.42 Å². The molecule has 2 heterocycles. The number of sulfonamides is 1. The molecule has 2 aromatic carbocycles. The maximum absolute atomic E-state index is 13.0. The van der Waals surface area contributed by atoms with Crippen molar-refractivity contribution in [2.75, 3.05) is 10.5 Å². The van der Waals surface area contributed by atoms with Crippen molar-refractivity contribution in [2.24, 2.45) is 5.10 Å². The van der Waals surface area contributed by atoms with E-state index in [9.17, 15) is 13.2 Å². The third-order valence-electron chi connectivity index (χ3n) is 5.15. The molecule has 160 valence electrons. The Bertz CT molecular complexity index is 1220. The van der Waals surface area contributed by atoms with Crippen LogP contribution < -0.4 is 4.72 Å². The van der Waals surface area contributed by atoms with Crippen LogP contribution in [0, 0.1) is 6.92 Å². The lowest BCUT2D eigenvalue weighted by Crippen LogP contribution is -2.26. The van der Waals surface area contributed by atoms with E-state index >= 15 is 0 Å². The van der Waals surface area contributed by atoms with Crippen LogP contribution in [-0.2, 0) is 10.0 Å². The molecular formula is C23H23N3O4S. The van der Waals surface area contributed by atoms with Crippen LogP contribution in [0.15, 0.2) is 76.4 Å². The maximum atomic E-state index is 13.0. The summed E-state index contributed by atoms with van der Waals surface area (Å²) in [6, 6.07) is 18.1. The van der Waals surface area contributed by atoms with Crippen molar-refractivity contribution in [1.82, 2.24) is 5.01 Å². The van der Waals surface area contributed by atoms with Crippen LogP contribution in [0.1, 0.15) is 46.6 Å². The Labute approximate surface area is 181 Å². The van der Waals surface area contributed by atoms with Gasteiger partial charge in [0.1, 0.15) is 0 Å². The molecule has 0 fully saturated rings. The number of furan rings is 1. The van der Waals surface area contributed by atoms with Gasteiger partial charge in [0.25, 0.3) is 0 Å². The lowest BCUT2D eigenvalue weighted by atomic mass is 9.97. The van der Waals surface area contributed by atoms with Gasteiger partial charge in [0.15, 0.2) is 5.76 Å². The highest BCUT2D eigenvalue weighted by Crippen LogP contribution is 2.34. The second-order valence-corrected chi connectivity index (χ2v) is 9.40. The molecule has 1 N–H and O–H groups in total. The second kappa shape index (κ2) is 8.39. The van der Waals surface area contributed by atoms with Crippen LogP contribution in [0.5, 0.6) is 0 Å². The molecule has 1 aromatic heterocycles. The van der Waals surface area contributed by atoms with Crippen molar-refractivity contribution in [3.63, 3.8) is 0 Å². The Morgan fingerprint density at radius 2 is 1.94 bits per heavy atom. The van der Waals surface area contributed by atoms with E-state index < -0.39 is 10.0 Å². The van der Waals surface area contributed by atoms with Gasteiger partial charge in [0.05, 0.1) is 23.8 Å². The number of nitrogens with one attached hydrogen (secondary N) is 1. The number of hydrogen-bond acceptors (Lipinski definition) is 5. The summed E-state index contributed by atoms with van der Waals surface area (Å²) in [4.78, 5) is 13.0.